The SMILES string of the molecule is CCC(OC1CCCC1)C(=O)NCC(c1ccccc1)C(C)C. The Balaban J connectivity index is 1.89. The van der Waals surface area contributed by atoms with Crippen molar-refractivity contribution in [1.29, 1.82) is 0 Å². The minimum absolute atomic E-state index is 0.0426. The molecule has 3 nitrogen and oxygen atoms in total. The second-order valence-electron chi connectivity index (χ2n) is 6.95. The third kappa shape index (κ3) is 5.35. The number of rotatable bonds is 8. The molecule has 1 aromatic rings. The van der Waals surface area contributed by atoms with Gasteiger partial charge in [0.05, 0.1) is 6.10 Å². The molecule has 2 unspecified atom stereocenters. The van der Waals surface area contributed by atoms with Crippen molar-refractivity contribution < 1.29 is 9.53 Å². The molecule has 0 bridgehead atoms. The van der Waals surface area contributed by atoms with Crippen molar-refractivity contribution >= 4 is 5.91 Å². The van der Waals surface area contributed by atoms with E-state index in [0.29, 0.717) is 18.4 Å². The largest absolute Gasteiger partial charge is 0.365 e. The van der Waals surface area contributed by atoms with Crippen molar-refractivity contribution in [2.75, 3.05) is 6.54 Å². The van der Waals surface area contributed by atoms with E-state index in [1.807, 2.05) is 13.0 Å². The van der Waals surface area contributed by atoms with E-state index in [-0.39, 0.29) is 18.1 Å². The highest BCUT2D eigenvalue weighted by Gasteiger charge is 2.25. The van der Waals surface area contributed by atoms with Crippen molar-refractivity contribution in [2.24, 2.45) is 5.92 Å². The molecule has 1 aromatic carbocycles. The molecular formula is C20H31NO2. The Morgan fingerprint density at radius 1 is 1.22 bits per heavy atom. The zero-order valence-electron chi connectivity index (χ0n) is 14.8. The summed E-state index contributed by atoms with van der Waals surface area (Å²) in [6, 6.07) is 10.4. The van der Waals surface area contributed by atoms with E-state index in [1.165, 1.54) is 18.4 Å². The Morgan fingerprint density at radius 3 is 2.43 bits per heavy atom. The fraction of sp³-hybridized carbons (Fsp3) is 0.650. The summed E-state index contributed by atoms with van der Waals surface area (Å²) in [4.78, 5) is 12.5. The molecule has 0 aromatic heterocycles. The molecule has 1 amide bonds. The van der Waals surface area contributed by atoms with Crippen LogP contribution in [0.3, 0.4) is 0 Å². The minimum atomic E-state index is -0.304. The third-order valence-corrected chi connectivity index (χ3v) is 4.85. The third-order valence-electron chi connectivity index (χ3n) is 4.85. The maximum atomic E-state index is 12.5. The summed E-state index contributed by atoms with van der Waals surface area (Å²) >= 11 is 0. The van der Waals surface area contributed by atoms with Gasteiger partial charge < -0.3 is 10.1 Å². The van der Waals surface area contributed by atoms with Gasteiger partial charge in [-0.05, 0) is 30.7 Å². The van der Waals surface area contributed by atoms with Gasteiger partial charge in [0.15, 0.2) is 0 Å². The lowest BCUT2D eigenvalue weighted by atomic mass is 9.88. The molecule has 128 valence electrons. The number of carbonyl (C=O) groups is 1. The van der Waals surface area contributed by atoms with Gasteiger partial charge >= 0.3 is 0 Å². The Labute approximate surface area is 140 Å². The van der Waals surface area contributed by atoms with Crippen LogP contribution in [-0.2, 0) is 9.53 Å². The van der Waals surface area contributed by atoms with E-state index in [9.17, 15) is 4.79 Å². The highest BCUT2D eigenvalue weighted by Crippen LogP contribution is 2.25. The van der Waals surface area contributed by atoms with Crippen LogP contribution in [0, 0.1) is 5.92 Å². The smallest absolute Gasteiger partial charge is 0.249 e. The van der Waals surface area contributed by atoms with Gasteiger partial charge in [-0.1, -0.05) is 63.9 Å². The molecule has 1 fully saturated rings. The summed E-state index contributed by atoms with van der Waals surface area (Å²) in [7, 11) is 0. The van der Waals surface area contributed by atoms with E-state index in [1.54, 1.807) is 0 Å². The molecule has 0 aliphatic heterocycles. The van der Waals surface area contributed by atoms with Crippen molar-refractivity contribution in [2.45, 2.75) is 71.0 Å². The summed E-state index contributed by atoms with van der Waals surface area (Å²) in [6.45, 7) is 7.10. The Bertz CT molecular complexity index is 466. The van der Waals surface area contributed by atoms with Crippen LogP contribution in [-0.4, -0.2) is 24.7 Å². The van der Waals surface area contributed by atoms with Gasteiger partial charge in [0.25, 0.3) is 0 Å². The van der Waals surface area contributed by atoms with Crippen molar-refractivity contribution in [3.63, 3.8) is 0 Å². The van der Waals surface area contributed by atoms with Crippen LogP contribution in [0.2, 0.25) is 0 Å². The second-order valence-corrected chi connectivity index (χ2v) is 6.95. The number of hydrogen-bond acceptors (Lipinski definition) is 2. The zero-order chi connectivity index (χ0) is 16.7. The first-order valence-corrected chi connectivity index (χ1v) is 9.10. The van der Waals surface area contributed by atoms with Gasteiger partial charge in [-0.15, -0.1) is 0 Å². The predicted octanol–water partition coefficient (Wildman–Crippen LogP) is 4.28. The fourth-order valence-electron chi connectivity index (χ4n) is 3.36. The average Bonchev–Trinajstić information content (AvgIpc) is 3.06. The number of benzene rings is 1. The van der Waals surface area contributed by atoms with E-state index >= 15 is 0 Å². The Kier molecular flexibility index (Phi) is 7.10. The standard InChI is InChI=1S/C20H31NO2/c1-4-19(23-17-12-8-9-13-17)20(22)21-14-18(15(2)3)16-10-6-5-7-11-16/h5-7,10-11,15,17-19H,4,8-9,12-14H2,1-3H3,(H,21,22). The van der Waals surface area contributed by atoms with Gasteiger partial charge in [0.1, 0.15) is 6.10 Å². The Hall–Kier alpha value is -1.35. The van der Waals surface area contributed by atoms with E-state index in [4.69, 9.17) is 4.74 Å². The Morgan fingerprint density at radius 2 is 1.87 bits per heavy atom. The molecule has 1 N–H and O–H groups in total. The lowest BCUT2D eigenvalue weighted by Gasteiger charge is -2.24. The first kappa shape index (κ1) is 18.0. The van der Waals surface area contributed by atoms with Crippen LogP contribution in [0.25, 0.3) is 0 Å². The molecule has 1 saturated carbocycles. The summed E-state index contributed by atoms with van der Waals surface area (Å²) in [5.74, 6) is 0.860. The number of nitrogens with one attached hydrogen (secondary N) is 1. The molecule has 2 rings (SSSR count). The lowest BCUT2D eigenvalue weighted by Crippen LogP contribution is -2.40. The van der Waals surface area contributed by atoms with Crippen LogP contribution in [0.5, 0.6) is 0 Å². The van der Waals surface area contributed by atoms with E-state index < -0.39 is 0 Å². The summed E-state index contributed by atoms with van der Waals surface area (Å²) in [5.41, 5.74) is 1.28. The quantitative estimate of drug-likeness (QED) is 0.777. The molecule has 0 spiro atoms. The summed E-state index contributed by atoms with van der Waals surface area (Å²) < 4.78 is 6.01. The van der Waals surface area contributed by atoms with Gasteiger partial charge in [-0.2, -0.15) is 0 Å². The molecule has 0 heterocycles. The maximum absolute atomic E-state index is 12.5. The van der Waals surface area contributed by atoms with Crippen LogP contribution in [0.4, 0.5) is 0 Å². The molecule has 1 aliphatic rings. The normalized spacial score (nSPS) is 18.1. The molecule has 23 heavy (non-hydrogen) atoms. The van der Waals surface area contributed by atoms with Crippen LogP contribution in [0.15, 0.2) is 30.3 Å². The number of carbonyl (C=O) groups excluding carboxylic acids is 1. The lowest BCUT2D eigenvalue weighted by molar-refractivity contribution is -0.136. The first-order chi connectivity index (χ1) is 11.1. The first-order valence-electron chi connectivity index (χ1n) is 9.10. The zero-order valence-corrected chi connectivity index (χ0v) is 14.8. The average molecular weight is 317 g/mol. The molecule has 1 aliphatic carbocycles. The minimum Gasteiger partial charge on any atom is -0.365 e. The topological polar surface area (TPSA) is 38.3 Å². The van der Waals surface area contributed by atoms with Crippen molar-refractivity contribution in [3.8, 4) is 0 Å². The molecule has 0 saturated heterocycles. The van der Waals surface area contributed by atoms with Crippen LogP contribution >= 0.6 is 0 Å². The van der Waals surface area contributed by atoms with Gasteiger partial charge in [-0.25, -0.2) is 0 Å². The van der Waals surface area contributed by atoms with Gasteiger partial charge in [0.2, 0.25) is 5.91 Å². The number of ether oxygens (including phenoxy) is 1. The van der Waals surface area contributed by atoms with E-state index in [0.717, 1.165) is 19.3 Å². The van der Waals surface area contributed by atoms with E-state index in [2.05, 4.69) is 43.4 Å². The second kappa shape index (κ2) is 9.07. The highest BCUT2D eigenvalue weighted by molar-refractivity contribution is 5.80. The summed E-state index contributed by atoms with van der Waals surface area (Å²) in [6.07, 6.45) is 5.37. The van der Waals surface area contributed by atoms with Gasteiger partial charge in [0, 0.05) is 12.5 Å². The molecule has 0 radical (unpaired) electrons. The van der Waals surface area contributed by atoms with Crippen LogP contribution < -0.4 is 5.32 Å². The monoisotopic (exact) mass is 317 g/mol. The highest BCUT2D eigenvalue weighted by atomic mass is 16.5. The summed E-state index contributed by atoms with van der Waals surface area (Å²) in [5, 5.41) is 3.12. The number of amides is 1. The molecule has 3 heteroatoms. The van der Waals surface area contributed by atoms with Crippen molar-refractivity contribution in [1.82, 2.24) is 5.32 Å². The number of hydrogen-bond donors (Lipinski definition) is 1. The van der Waals surface area contributed by atoms with Gasteiger partial charge in [-0.3, -0.25) is 4.79 Å². The predicted molar refractivity (Wildman–Crippen MR) is 94.5 cm³/mol. The maximum Gasteiger partial charge on any atom is 0.249 e. The fourth-order valence-corrected chi connectivity index (χ4v) is 3.36. The molecular weight excluding hydrogens is 286 g/mol. The molecule has 2 atom stereocenters. The van der Waals surface area contributed by atoms with Crippen molar-refractivity contribution in [3.05, 3.63) is 35.9 Å². The van der Waals surface area contributed by atoms with Crippen LogP contribution in [0.1, 0.15) is 64.4 Å².